The van der Waals surface area contributed by atoms with Crippen molar-refractivity contribution in [3.63, 3.8) is 0 Å². The third-order valence-electron chi connectivity index (χ3n) is 1.54. The van der Waals surface area contributed by atoms with Gasteiger partial charge >= 0.3 is 5.97 Å². The standard InChI is InChI=1S/C8H15NO4S2/c1-6(10)9-7(8(11)12)5-15(13)4-3-14-2/h7H,3-5H2,1-2H3,(H,9,10)(H,11,12). The number of carboxylic acids is 1. The van der Waals surface area contributed by atoms with Crippen molar-refractivity contribution in [3.8, 4) is 0 Å². The first-order valence-electron chi connectivity index (χ1n) is 4.31. The second-order valence-electron chi connectivity index (χ2n) is 2.89. The van der Waals surface area contributed by atoms with Gasteiger partial charge in [-0.25, -0.2) is 4.79 Å². The molecular weight excluding hydrogens is 238 g/mol. The fraction of sp³-hybridized carbons (Fsp3) is 0.750. The van der Waals surface area contributed by atoms with Crippen LogP contribution in [0.25, 0.3) is 0 Å². The van der Waals surface area contributed by atoms with E-state index in [1.807, 2.05) is 6.26 Å². The first-order chi connectivity index (χ1) is 6.97. The fourth-order valence-electron chi connectivity index (χ4n) is 0.866. The van der Waals surface area contributed by atoms with Crippen molar-refractivity contribution in [2.45, 2.75) is 13.0 Å². The van der Waals surface area contributed by atoms with Crippen molar-refractivity contribution in [3.05, 3.63) is 0 Å². The smallest absolute Gasteiger partial charge is 0.327 e. The van der Waals surface area contributed by atoms with Crippen molar-refractivity contribution in [1.29, 1.82) is 0 Å². The number of hydrogen-bond donors (Lipinski definition) is 2. The van der Waals surface area contributed by atoms with Crippen LogP contribution in [-0.4, -0.2) is 50.7 Å². The number of carbonyl (C=O) groups is 2. The van der Waals surface area contributed by atoms with E-state index in [1.165, 1.54) is 6.92 Å². The van der Waals surface area contributed by atoms with Gasteiger partial charge in [-0.3, -0.25) is 9.00 Å². The molecule has 0 saturated heterocycles. The van der Waals surface area contributed by atoms with Crippen LogP contribution in [0, 0.1) is 0 Å². The van der Waals surface area contributed by atoms with E-state index in [1.54, 1.807) is 11.8 Å². The Morgan fingerprint density at radius 1 is 1.53 bits per heavy atom. The predicted octanol–water partition coefficient (Wildman–Crippen LogP) is -0.313. The van der Waals surface area contributed by atoms with E-state index in [-0.39, 0.29) is 5.75 Å². The number of carboxylic acid groups (broad SMARTS) is 1. The minimum absolute atomic E-state index is 0.0323. The lowest BCUT2D eigenvalue weighted by Gasteiger charge is -2.12. The monoisotopic (exact) mass is 253 g/mol. The lowest BCUT2D eigenvalue weighted by Crippen LogP contribution is -2.43. The van der Waals surface area contributed by atoms with Crippen LogP contribution in [-0.2, 0) is 20.4 Å². The zero-order valence-electron chi connectivity index (χ0n) is 8.69. The average Bonchev–Trinajstić information content (AvgIpc) is 2.12. The van der Waals surface area contributed by atoms with Gasteiger partial charge in [0.25, 0.3) is 0 Å². The summed E-state index contributed by atoms with van der Waals surface area (Å²) in [4.78, 5) is 21.4. The van der Waals surface area contributed by atoms with Crippen molar-refractivity contribution in [2.24, 2.45) is 0 Å². The summed E-state index contributed by atoms with van der Waals surface area (Å²) in [7, 11) is -1.20. The van der Waals surface area contributed by atoms with E-state index in [2.05, 4.69) is 5.32 Å². The molecule has 0 aliphatic carbocycles. The summed E-state index contributed by atoms with van der Waals surface area (Å²) >= 11 is 1.55. The Morgan fingerprint density at radius 2 is 2.13 bits per heavy atom. The number of hydrogen-bond acceptors (Lipinski definition) is 4. The van der Waals surface area contributed by atoms with E-state index in [4.69, 9.17) is 5.11 Å². The minimum atomic E-state index is -1.20. The number of thioether (sulfide) groups is 1. The summed E-state index contributed by atoms with van der Waals surface area (Å²) in [5.74, 6) is -0.439. The van der Waals surface area contributed by atoms with Gasteiger partial charge < -0.3 is 10.4 Å². The molecule has 0 aromatic rings. The number of nitrogens with one attached hydrogen (secondary N) is 1. The Balaban J connectivity index is 4.10. The molecule has 0 spiro atoms. The third-order valence-corrected chi connectivity index (χ3v) is 3.78. The predicted molar refractivity (Wildman–Crippen MR) is 61.5 cm³/mol. The number of rotatable bonds is 7. The van der Waals surface area contributed by atoms with Crippen LogP contribution < -0.4 is 5.32 Å². The molecule has 0 aliphatic rings. The molecule has 0 rings (SSSR count). The van der Waals surface area contributed by atoms with Crippen molar-refractivity contribution >= 4 is 34.4 Å². The summed E-state index contributed by atoms with van der Waals surface area (Å²) in [6.45, 7) is 1.24. The van der Waals surface area contributed by atoms with E-state index >= 15 is 0 Å². The molecule has 0 aliphatic heterocycles. The molecule has 2 unspecified atom stereocenters. The molecule has 0 radical (unpaired) electrons. The van der Waals surface area contributed by atoms with Gasteiger partial charge in [0.2, 0.25) is 5.91 Å². The van der Waals surface area contributed by atoms with Gasteiger partial charge in [-0.15, -0.1) is 0 Å². The van der Waals surface area contributed by atoms with Gasteiger partial charge in [0.05, 0.1) is 5.75 Å². The van der Waals surface area contributed by atoms with Gasteiger partial charge in [0.15, 0.2) is 0 Å². The Kier molecular flexibility index (Phi) is 7.41. The lowest BCUT2D eigenvalue weighted by molar-refractivity contribution is -0.140. The molecule has 1 amide bonds. The van der Waals surface area contributed by atoms with Gasteiger partial charge in [-0.2, -0.15) is 11.8 Å². The van der Waals surface area contributed by atoms with Crippen molar-refractivity contribution in [1.82, 2.24) is 5.32 Å². The first-order valence-corrected chi connectivity index (χ1v) is 7.19. The molecule has 0 aromatic heterocycles. The lowest BCUT2D eigenvalue weighted by atomic mass is 10.3. The molecule has 15 heavy (non-hydrogen) atoms. The first kappa shape index (κ1) is 14.4. The second kappa shape index (κ2) is 7.70. The molecule has 0 heterocycles. The molecule has 2 N–H and O–H groups in total. The summed E-state index contributed by atoms with van der Waals surface area (Å²) in [5, 5.41) is 11.0. The van der Waals surface area contributed by atoms with E-state index in [0.717, 1.165) is 5.75 Å². The maximum atomic E-state index is 11.4. The normalized spacial score (nSPS) is 14.3. The van der Waals surface area contributed by atoms with E-state index in [0.29, 0.717) is 5.75 Å². The molecule has 0 fully saturated rings. The maximum absolute atomic E-state index is 11.4. The quantitative estimate of drug-likeness (QED) is 0.650. The highest BCUT2D eigenvalue weighted by atomic mass is 32.2. The number of aliphatic carboxylic acids is 1. The van der Waals surface area contributed by atoms with Crippen molar-refractivity contribution < 1.29 is 18.9 Å². The van der Waals surface area contributed by atoms with Crippen molar-refractivity contribution in [2.75, 3.05) is 23.5 Å². The van der Waals surface area contributed by atoms with Crippen LogP contribution >= 0.6 is 11.8 Å². The largest absolute Gasteiger partial charge is 0.480 e. The molecule has 0 saturated carbocycles. The van der Waals surface area contributed by atoms with Crippen LogP contribution in [0.1, 0.15) is 6.92 Å². The minimum Gasteiger partial charge on any atom is -0.480 e. The third kappa shape index (κ3) is 7.38. The molecule has 88 valence electrons. The maximum Gasteiger partial charge on any atom is 0.327 e. The average molecular weight is 253 g/mol. The number of carbonyl (C=O) groups excluding carboxylic acids is 1. The van der Waals surface area contributed by atoms with Crippen LogP contribution in [0.2, 0.25) is 0 Å². The Morgan fingerprint density at radius 3 is 2.53 bits per heavy atom. The molecule has 2 atom stereocenters. The summed E-state index contributed by atoms with van der Waals surface area (Å²) in [6, 6.07) is -1.05. The molecule has 5 nitrogen and oxygen atoms in total. The Hall–Kier alpha value is -0.560. The zero-order chi connectivity index (χ0) is 11.8. The summed E-state index contributed by atoms with van der Waals surface area (Å²) < 4.78 is 11.4. The van der Waals surface area contributed by atoms with Gasteiger partial charge in [0, 0.05) is 29.2 Å². The number of amides is 1. The topological polar surface area (TPSA) is 83.5 Å². The van der Waals surface area contributed by atoms with E-state index in [9.17, 15) is 13.8 Å². The highest BCUT2D eigenvalue weighted by molar-refractivity contribution is 7.99. The van der Waals surface area contributed by atoms with Gasteiger partial charge in [0.1, 0.15) is 6.04 Å². The van der Waals surface area contributed by atoms with Gasteiger partial charge in [-0.05, 0) is 6.26 Å². The fourth-order valence-corrected chi connectivity index (χ4v) is 3.04. The Labute approximate surface area is 95.5 Å². The highest BCUT2D eigenvalue weighted by Crippen LogP contribution is 1.96. The highest BCUT2D eigenvalue weighted by Gasteiger charge is 2.20. The van der Waals surface area contributed by atoms with Crippen LogP contribution in [0.4, 0.5) is 0 Å². The van der Waals surface area contributed by atoms with E-state index < -0.39 is 28.7 Å². The summed E-state index contributed by atoms with van der Waals surface area (Å²) in [5.41, 5.74) is 0. The van der Waals surface area contributed by atoms with Gasteiger partial charge in [-0.1, -0.05) is 0 Å². The molecule has 0 aromatic carbocycles. The molecule has 7 heteroatoms. The van der Waals surface area contributed by atoms with Crippen LogP contribution in [0.3, 0.4) is 0 Å². The summed E-state index contributed by atoms with van der Waals surface area (Å²) in [6.07, 6.45) is 1.89. The Bertz CT molecular complexity index is 257. The molecular formula is C8H15NO4S2. The second-order valence-corrected chi connectivity index (χ2v) is 5.50. The van der Waals surface area contributed by atoms with Crippen LogP contribution in [0.5, 0.6) is 0 Å². The SMILES string of the molecule is CSCCS(=O)CC(NC(C)=O)C(=O)O. The molecule has 0 bridgehead atoms. The zero-order valence-corrected chi connectivity index (χ0v) is 10.3. The van der Waals surface area contributed by atoms with Crippen LogP contribution in [0.15, 0.2) is 0 Å².